The van der Waals surface area contributed by atoms with Crippen molar-refractivity contribution < 1.29 is 4.79 Å². The zero-order valence-electron chi connectivity index (χ0n) is 6.45. The number of pyridine rings is 1. The summed E-state index contributed by atoms with van der Waals surface area (Å²) < 4.78 is 0. The Labute approximate surface area is 70.3 Å². The Morgan fingerprint density at radius 3 is 3.08 bits per heavy atom. The molecule has 2 N–H and O–H groups in total. The smallest absolute Gasteiger partial charge is 0.271 e. The SMILES string of the molecule is C=CNNC(=O)c1cccnc1. The lowest BCUT2D eigenvalue weighted by atomic mass is 10.3. The second-order valence-electron chi connectivity index (χ2n) is 2.04. The van der Waals surface area contributed by atoms with Crippen molar-refractivity contribution in [2.45, 2.75) is 0 Å². The maximum absolute atomic E-state index is 11.1. The molecule has 4 nitrogen and oxygen atoms in total. The molecule has 1 aromatic rings. The minimum atomic E-state index is -0.233. The van der Waals surface area contributed by atoms with Gasteiger partial charge >= 0.3 is 0 Å². The van der Waals surface area contributed by atoms with E-state index in [4.69, 9.17) is 0 Å². The molecule has 0 spiro atoms. The van der Waals surface area contributed by atoms with Gasteiger partial charge in [0.1, 0.15) is 0 Å². The van der Waals surface area contributed by atoms with Gasteiger partial charge in [0.2, 0.25) is 0 Å². The Bertz CT molecular complexity index is 271. The van der Waals surface area contributed by atoms with E-state index in [1.165, 1.54) is 12.4 Å². The molecule has 0 aliphatic carbocycles. The second-order valence-corrected chi connectivity index (χ2v) is 2.04. The van der Waals surface area contributed by atoms with Crippen molar-refractivity contribution in [2.24, 2.45) is 0 Å². The average molecular weight is 163 g/mol. The average Bonchev–Trinajstić information content (AvgIpc) is 2.15. The summed E-state index contributed by atoms with van der Waals surface area (Å²) in [5.41, 5.74) is 5.39. The number of carbonyl (C=O) groups excluding carboxylic acids is 1. The molecule has 1 amide bonds. The van der Waals surface area contributed by atoms with Gasteiger partial charge in [0, 0.05) is 18.6 Å². The van der Waals surface area contributed by atoms with Crippen LogP contribution in [0.15, 0.2) is 37.3 Å². The number of hydrazine groups is 1. The van der Waals surface area contributed by atoms with Crippen LogP contribution < -0.4 is 10.9 Å². The van der Waals surface area contributed by atoms with Crippen LogP contribution in [0, 0.1) is 0 Å². The minimum Gasteiger partial charge on any atom is -0.306 e. The molecule has 0 radical (unpaired) electrons. The van der Waals surface area contributed by atoms with Gasteiger partial charge in [-0.05, 0) is 12.1 Å². The van der Waals surface area contributed by atoms with E-state index in [1.807, 2.05) is 0 Å². The minimum absolute atomic E-state index is 0.233. The van der Waals surface area contributed by atoms with Crippen LogP contribution in [0.25, 0.3) is 0 Å². The van der Waals surface area contributed by atoms with E-state index in [-0.39, 0.29) is 5.91 Å². The van der Waals surface area contributed by atoms with E-state index in [9.17, 15) is 4.79 Å². The van der Waals surface area contributed by atoms with Gasteiger partial charge in [-0.25, -0.2) is 0 Å². The van der Waals surface area contributed by atoms with Gasteiger partial charge in [0.25, 0.3) is 5.91 Å². The van der Waals surface area contributed by atoms with Gasteiger partial charge in [-0.1, -0.05) is 6.58 Å². The summed E-state index contributed by atoms with van der Waals surface area (Å²) in [6.07, 6.45) is 4.48. The number of hydrogen-bond donors (Lipinski definition) is 2. The lowest BCUT2D eigenvalue weighted by Gasteiger charge is -2.02. The van der Waals surface area contributed by atoms with Crippen molar-refractivity contribution in [3.05, 3.63) is 42.9 Å². The number of rotatable bonds is 3. The van der Waals surface area contributed by atoms with Crippen LogP contribution in [-0.2, 0) is 0 Å². The summed E-state index contributed by atoms with van der Waals surface area (Å²) in [5, 5.41) is 0. The molecule has 0 saturated carbocycles. The van der Waals surface area contributed by atoms with Crippen molar-refractivity contribution in [1.82, 2.24) is 15.8 Å². The van der Waals surface area contributed by atoms with E-state index in [0.29, 0.717) is 5.56 Å². The zero-order valence-corrected chi connectivity index (χ0v) is 6.45. The molecule has 1 heterocycles. The van der Waals surface area contributed by atoms with Crippen molar-refractivity contribution in [3.8, 4) is 0 Å². The van der Waals surface area contributed by atoms with Crippen LogP contribution in [0.4, 0.5) is 0 Å². The molecule has 0 aromatic carbocycles. The molecule has 1 aromatic heterocycles. The van der Waals surface area contributed by atoms with E-state index >= 15 is 0 Å². The Hall–Kier alpha value is -1.84. The highest BCUT2D eigenvalue weighted by molar-refractivity contribution is 5.93. The van der Waals surface area contributed by atoms with Crippen molar-refractivity contribution in [1.29, 1.82) is 0 Å². The van der Waals surface area contributed by atoms with Gasteiger partial charge in [-0.3, -0.25) is 15.2 Å². The lowest BCUT2D eigenvalue weighted by molar-refractivity contribution is 0.0940. The van der Waals surface area contributed by atoms with Gasteiger partial charge in [-0.15, -0.1) is 0 Å². The summed E-state index contributed by atoms with van der Waals surface area (Å²) in [4.78, 5) is 14.9. The Morgan fingerprint density at radius 1 is 1.67 bits per heavy atom. The third kappa shape index (κ3) is 2.09. The Kier molecular flexibility index (Phi) is 2.84. The molecule has 0 aliphatic rings. The van der Waals surface area contributed by atoms with Crippen molar-refractivity contribution in [3.63, 3.8) is 0 Å². The highest BCUT2D eigenvalue weighted by Gasteiger charge is 2.01. The monoisotopic (exact) mass is 163 g/mol. The fourth-order valence-electron chi connectivity index (χ4n) is 0.686. The van der Waals surface area contributed by atoms with Crippen LogP contribution >= 0.6 is 0 Å². The molecule has 0 aliphatic heterocycles. The second kappa shape index (κ2) is 4.12. The molecule has 0 bridgehead atoms. The van der Waals surface area contributed by atoms with Gasteiger partial charge in [0.15, 0.2) is 0 Å². The molecule has 0 saturated heterocycles. The molecule has 0 atom stereocenters. The normalized spacial score (nSPS) is 8.67. The fraction of sp³-hybridized carbons (Fsp3) is 0. The van der Waals surface area contributed by atoms with Crippen LogP contribution in [0.1, 0.15) is 10.4 Å². The quantitative estimate of drug-likeness (QED) is 0.636. The van der Waals surface area contributed by atoms with Crippen molar-refractivity contribution >= 4 is 5.91 Å². The third-order valence-electron chi connectivity index (χ3n) is 1.21. The van der Waals surface area contributed by atoms with Crippen LogP contribution in [0.2, 0.25) is 0 Å². The number of amides is 1. The van der Waals surface area contributed by atoms with E-state index in [0.717, 1.165) is 0 Å². The predicted octanol–water partition coefficient (Wildman–Crippen LogP) is 0.460. The molecular formula is C8H9N3O. The number of nitrogens with zero attached hydrogens (tertiary/aromatic N) is 1. The highest BCUT2D eigenvalue weighted by atomic mass is 16.2. The fourth-order valence-corrected chi connectivity index (χ4v) is 0.686. The van der Waals surface area contributed by atoms with E-state index in [1.54, 1.807) is 18.3 Å². The first kappa shape index (κ1) is 8.26. The first-order chi connectivity index (χ1) is 5.84. The molecule has 12 heavy (non-hydrogen) atoms. The molecule has 0 fully saturated rings. The first-order valence-electron chi connectivity index (χ1n) is 3.41. The molecule has 0 unspecified atom stereocenters. The molecule has 62 valence electrons. The van der Waals surface area contributed by atoms with Gasteiger partial charge in [0.05, 0.1) is 5.56 Å². The predicted molar refractivity (Wildman–Crippen MR) is 45.0 cm³/mol. The number of aromatic nitrogens is 1. The lowest BCUT2D eigenvalue weighted by Crippen LogP contribution is -2.33. The van der Waals surface area contributed by atoms with Crippen LogP contribution in [0.5, 0.6) is 0 Å². The summed E-state index contributed by atoms with van der Waals surface area (Å²) in [6, 6.07) is 3.37. The highest BCUT2D eigenvalue weighted by Crippen LogP contribution is 1.93. The summed E-state index contributed by atoms with van der Waals surface area (Å²) in [5.74, 6) is -0.233. The Morgan fingerprint density at radius 2 is 2.50 bits per heavy atom. The molecule has 4 heteroatoms. The van der Waals surface area contributed by atoms with Crippen LogP contribution in [0.3, 0.4) is 0 Å². The third-order valence-corrected chi connectivity index (χ3v) is 1.21. The summed E-state index contributed by atoms with van der Waals surface area (Å²) in [6.45, 7) is 3.38. The maximum Gasteiger partial charge on any atom is 0.271 e. The maximum atomic E-state index is 11.1. The number of hydrogen-bond acceptors (Lipinski definition) is 3. The van der Waals surface area contributed by atoms with Gasteiger partial charge < -0.3 is 5.43 Å². The standard InChI is InChI=1S/C8H9N3O/c1-2-10-11-8(12)7-4-3-5-9-6-7/h2-6,10H,1H2,(H,11,12). The Balaban J connectivity index is 2.59. The number of carbonyl (C=O) groups is 1. The first-order valence-corrected chi connectivity index (χ1v) is 3.41. The molecular weight excluding hydrogens is 154 g/mol. The topological polar surface area (TPSA) is 54.0 Å². The largest absolute Gasteiger partial charge is 0.306 e. The summed E-state index contributed by atoms with van der Waals surface area (Å²) in [7, 11) is 0. The van der Waals surface area contributed by atoms with E-state index in [2.05, 4.69) is 22.4 Å². The number of nitrogens with one attached hydrogen (secondary N) is 2. The van der Waals surface area contributed by atoms with E-state index < -0.39 is 0 Å². The van der Waals surface area contributed by atoms with Crippen molar-refractivity contribution in [2.75, 3.05) is 0 Å². The zero-order chi connectivity index (χ0) is 8.81. The van der Waals surface area contributed by atoms with Crippen LogP contribution in [-0.4, -0.2) is 10.9 Å². The summed E-state index contributed by atoms with van der Waals surface area (Å²) >= 11 is 0. The van der Waals surface area contributed by atoms with Gasteiger partial charge in [-0.2, -0.15) is 0 Å². The molecule has 1 rings (SSSR count).